The third kappa shape index (κ3) is 7.70. The van der Waals surface area contributed by atoms with Crippen molar-refractivity contribution in [1.82, 2.24) is 14.9 Å². The van der Waals surface area contributed by atoms with Crippen LogP contribution in [0.4, 0.5) is 0 Å². The van der Waals surface area contributed by atoms with Gasteiger partial charge in [0.25, 0.3) is 5.91 Å². The minimum Gasteiger partial charge on any atom is -0.494 e. The van der Waals surface area contributed by atoms with Gasteiger partial charge in [-0.05, 0) is 85.7 Å². The van der Waals surface area contributed by atoms with E-state index in [9.17, 15) is 4.79 Å². The van der Waals surface area contributed by atoms with Crippen LogP contribution in [0.25, 0.3) is 11.0 Å². The van der Waals surface area contributed by atoms with Gasteiger partial charge in [-0.2, -0.15) is 0 Å². The fourth-order valence-electron chi connectivity index (χ4n) is 4.60. The molecule has 0 aliphatic heterocycles. The van der Waals surface area contributed by atoms with Crippen LogP contribution in [-0.4, -0.2) is 28.6 Å². The van der Waals surface area contributed by atoms with Crippen molar-refractivity contribution in [2.45, 2.75) is 64.8 Å². The van der Waals surface area contributed by atoms with Crippen LogP contribution in [0.5, 0.6) is 5.75 Å². The second-order valence-corrected chi connectivity index (χ2v) is 10.7. The van der Waals surface area contributed by atoms with Crippen LogP contribution in [0.2, 0.25) is 0 Å². The number of carbonyl (C=O) groups excluding carboxylic acids is 1. The van der Waals surface area contributed by atoms with E-state index < -0.39 is 0 Å². The molecule has 1 aromatic heterocycles. The number of benzene rings is 3. The minimum absolute atomic E-state index is 0.0204. The lowest BCUT2D eigenvalue weighted by Crippen LogP contribution is -2.24. The summed E-state index contributed by atoms with van der Waals surface area (Å²) in [5.41, 5.74) is 4.28. The number of unbranched alkanes of at least 4 members (excludes halogenated alkanes) is 2. The maximum atomic E-state index is 12.3. The number of rotatable bonds is 14. The molecule has 0 radical (unpaired) electrons. The number of ether oxygens (including phenoxy) is 1. The van der Waals surface area contributed by atoms with Gasteiger partial charge in [-0.25, -0.2) is 4.98 Å². The third-order valence-electron chi connectivity index (χ3n) is 7.06. The summed E-state index contributed by atoms with van der Waals surface area (Å²) in [4.78, 5) is 17.2. The molecule has 3 aromatic carbocycles. The summed E-state index contributed by atoms with van der Waals surface area (Å²) < 4.78 is 9.36. The maximum Gasteiger partial charge on any atom is 0.251 e. The van der Waals surface area contributed by atoms with Gasteiger partial charge in [-0.15, -0.1) is 0 Å². The molecule has 1 heterocycles. The number of aromatic nitrogens is 2. The molecular formula is C32H38BrN3O2. The molecule has 0 aliphatic carbocycles. The van der Waals surface area contributed by atoms with Gasteiger partial charge in [0.05, 0.1) is 17.6 Å². The first kappa shape index (κ1) is 27.9. The molecule has 0 saturated heterocycles. The molecule has 6 heteroatoms. The van der Waals surface area contributed by atoms with Crippen molar-refractivity contribution >= 4 is 32.9 Å². The van der Waals surface area contributed by atoms with Crippen molar-refractivity contribution in [1.29, 1.82) is 0 Å². The molecule has 1 amide bonds. The highest BCUT2D eigenvalue weighted by molar-refractivity contribution is 9.10. The highest BCUT2D eigenvalue weighted by Crippen LogP contribution is 2.22. The third-order valence-corrected chi connectivity index (χ3v) is 7.59. The molecule has 1 N–H and O–H groups in total. The Hall–Kier alpha value is -3.12. The predicted molar refractivity (Wildman–Crippen MR) is 159 cm³/mol. The molecule has 4 rings (SSSR count). The Labute approximate surface area is 234 Å². The molecule has 4 aromatic rings. The first-order valence-corrected chi connectivity index (χ1v) is 14.5. The number of nitrogens with zero attached hydrogens (tertiary/aromatic N) is 2. The van der Waals surface area contributed by atoms with E-state index in [1.807, 2.05) is 30.3 Å². The molecule has 0 aliphatic rings. The number of carbonyl (C=O) groups is 1. The smallest absolute Gasteiger partial charge is 0.251 e. The van der Waals surface area contributed by atoms with Gasteiger partial charge >= 0.3 is 0 Å². The standard InChI is InChI=1S/C32H38BrN3O2/c1-3-24(2)25-15-19-28(20-16-25)38-23-9-22-36-30-11-7-6-10-29(30)35-31(36)12-5-4-8-21-34-32(37)26-13-17-27(33)18-14-26/h6-7,10-11,13-20,24H,3-5,8-9,12,21-23H2,1-2H3,(H,34,37). The van der Waals surface area contributed by atoms with Gasteiger partial charge in [0.1, 0.15) is 11.6 Å². The molecule has 0 fully saturated rings. The quantitative estimate of drug-likeness (QED) is 0.155. The topological polar surface area (TPSA) is 56.1 Å². The fraction of sp³-hybridized carbons (Fsp3) is 0.375. The summed E-state index contributed by atoms with van der Waals surface area (Å²) in [5, 5.41) is 3.02. The van der Waals surface area contributed by atoms with Gasteiger partial charge < -0.3 is 14.6 Å². The summed E-state index contributed by atoms with van der Waals surface area (Å²) in [6.45, 7) is 6.71. The van der Waals surface area contributed by atoms with Crippen LogP contribution in [0.3, 0.4) is 0 Å². The number of nitrogens with one attached hydrogen (secondary N) is 1. The predicted octanol–water partition coefficient (Wildman–Crippen LogP) is 7.92. The molecule has 1 atom stereocenters. The van der Waals surface area contributed by atoms with E-state index in [4.69, 9.17) is 9.72 Å². The van der Waals surface area contributed by atoms with Crippen molar-refractivity contribution in [3.63, 3.8) is 0 Å². The molecule has 0 spiro atoms. The SMILES string of the molecule is CCC(C)c1ccc(OCCCn2c(CCCCCNC(=O)c3ccc(Br)cc3)nc3ccccc32)cc1. The number of hydrogen-bond donors (Lipinski definition) is 1. The number of halogens is 1. The van der Waals surface area contributed by atoms with E-state index in [1.54, 1.807) is 0 Å². The lowest BCUT2D eigenvalue weighted by atomic mass is 9.99. The van der Waals surface area contributed by atoms with Crippen molar-refractivity contribution in [3.8, 4) is 5.75 Å². The highest BCUT2D eigenvalue weighted by atomic mass is 79.9. The van der Waals surface area contributed by atoms with Gasteiger partial charge in [0, 0.05) is 29.5 Å². The van der Waals surface area contributed by atoms with Crippen LogP contribution in [-0.2, 0) is 13.0 Å². The van der Waals surface area contributed by atoms with Crippen LogP contribution < -0.4 is 10.1 Å². The Morgan fingerprint density at radius 3 is 2.50 bits per heavy atom. The van der Waals surface area contributed by atoms with Crippen molar-refractivity contribution in [2.24, 2.45) is 0 Å². The Morgan fingerprint density at radius 1 is 0.974 bits per heavy atom. The Morgan fingerprint density at radius 2 is 1.74 bits per heavy atom. The van der Waals surface area contributed by atoms with Crippen molar-refractivity contribution < 1.29 is 9.53 Å². The Bertz CT molecular complexity index is 1300. The lowest BCUT2D eigenvalue weighted by Gasteiger charge is -2.12. The zero-order valence-electron chi connectivity index (χ0n) is 22.5. The highest BCUT2D eigenvalue weighted by Gasteiger charge is 2.11. The first-order chi connectivity index (χ1) is 18.5. The van der Waals surface area contributed by atoms with E-state index >= 15 is 0 Å². The monoisotopic (exact) mass is 575 g/mol. The maximum absolute atomic E-state index is 12.3. The van der Waals surface area contributed by atoms with Crippen LogP contribution in [0.15, 0.2) is 77.3 Å². The van der Waals surface area contributed by atoms with Crippen molar-refractivity contribution in [2.75, 3.05) is 13.2 Å². The van der Waals surface area contributed by atoms with E-state index in [2.05, 4.69) is 82.1 Å². The fourth-order valence-corrected chi connectivity index (χ4v) is 4.86. The van der Waals surface area contributed by atoms with E-state index in [0.717, 1.165) is 66.6 Å². The summed E-state index contributed by atoms with van der Waals surface area (Å²) in [5.74, 6) is 2.61. The summed E-state index contributed by atoms with van der Waals surface area (Å²) in [6.07, 6.45) is 6.02. The normalized spacial score (nSPS) is 12.0. The Balaban J connectivity index is 1.23. The zero-order valence-corrected chi connectivity index (χ0v) is 24.0. The largest absolute Gasteiger partial charge is 0.494 e. The first-order valence-electron chi connectivity index (χ1n) is 13.8. The molecular weight excluding hydrogens is 538 g/mol. The summed E-state index contributed by atoms with van der Waals surface area (Å²) >= 11 is 3.40. The lowest BCUT2D eigenvalue weighted by molar-refractivity contribution is 0.0953. The zero-order chi connectivity index (χ0) is 26.7. The molecule has 200 valence electrons. The number of imidazole rings is 1. The molecule has 5 nitrogen and oxygen atoms in total. The second kappa shape index (κ2) is 14.1. The average Bonchev–Trinajstić information content (AvgIpc) is 3.30. The van der Waals surface area contributed by atoms with Gasteiger partial charge in [-0.3, -0.25) is 4.79 Å². The summed E-state index contributed by atoms with van der Waals surface area (Å²) in [6, 6.07) is 24.3. The number of aryl methyl sites for hydroxylation is 2. The van der Waals surface area contributed by atoms with Crippen LogP contribution in [0.1, 0.15) is 73.6 Å². The van der Waals surface area contributed by atoms with E-state index in [-0.39, 0.29) is 5.91 Å². The van der Waals surface area contributed by atoms with E-state index in [1.165, 1.54) is 11.1 Å². The second-order valence-electron chi connectivity index (χ2n) is 9.82. The number of amides is 1. The van der Waals surface area contributed by atoms with Gasteiger partial charge in [0.15, 0.2) is 0 Å². The van der Waals surface area contributed by atoms with Crippen molar-refractivity contribution in [3.05, 3.63) is 94.2 Å². The van der Waals surface area contributed by atoms with Crippen LogP contribution in [0, 0.1) is 0 Å². The number of para-hydroxylation sites is 2. The Kier molecular flexibility index (Phi) is 10.4. The minimum atomic E-state index is -0.0204. The van der Waals surface area contributed by atoms with Gasteiger partial charge in [-0.1, -0.05) is 60.5 Å². The van der Waals surface area contributed by atoms with Gasteiger partial charge in [0.2, 0.25) is 0 Å². The average molecular weight is 577 g/mol. The van der Waals surface area contributed by atoms with E-state index in [0.29, 0.717) is 24.6 Å². The summed E-state index contributed by atoms with van der Waals surface area (Å²) in [7, 11) is 0. The number of hydrogen-bond acceptors (Lipinski definition) is 3. The molecule has 1 unspecified atom stereocenters. The molecule has 0 bridgehead atoms. The number of fused-ring (bicyclic) bond motifs is 1. The molecule has 38 heavy (non-hydrogen) atoms. The van der Waals surface area contributed by atoms with Crippen LogP contribution >= 0.6 is 15.9 Å². The molecule has 0 saturated carbocycles.